The lowest BCUT2D eigenvalue weighted by Crippen LogP contribution is -2.16. The average Bonchev–Trinajstić information content (AvgIpc) is 2.89. The number of hydrogen-bond acceptors (Lipinski definition) is 10. The van der Waals surface area contributed by atoms with Crippen LogP contribution in [0, 0.1) is 0 Å². The molecule has 0 radical (unpaired) electrons. The van der Waals surface area contributed by atoms with E-state index in [0.717, 1.165) is 0 Å². The summed E-state index contributed by atoms with van der Waals surface area (Å²) in [6.07, 6.45) is 2.99. The molecule has 0 unspecified atom stereocenters. The zero-order chi connectivity index (χ0) is 24.7. The molecule has 0 bridgehead atoms. The summed E-state index contributed by atoms with van der Waals surface area (Å²) in [4.78, 5) is 16.9. The maximum Gasteiger partial charge on any atom is 0.263 e. The molecule has 0 amide bonds. The van der Waals surface area contributed by atoms with Gasteiger partial charge in [-0.15, -0.1) is 0 Å². The molecule has 4 N–H and O–H groups in total. The van der Waals surface area contributed by atoms with Crippen molar-refractivity contribution in [1.29, 1.82) is 0 Å². The number of aliphatic hydroxyl groups excluding tert-OH is 1. The van der Waals surface area contributed by atoms with E-state index in [1.54, 1.807) is 48.5 Å². The number of benzene rings is 2. The molecule has 0 aliphatic carbocycles. The van der Waals surface area contributed by atoms with Crippen molar-refractivity contribution in [3.63, 3.8) is 0 Å². The Bertz CT molecular complexity index is 1390. The van der Waals surface area contributed by atoms with Crippen LogP contribution in [0.15, 0.2) is 78.0 Å². The molecular weight excluding hydrogens is 490 g/mol. The summed E-state index contributed by atoms with van der Waals surface area (Å²) in [5, 5.41) is 9.32. The van der Waals surface area contributed by atoms with Crippen molar-refractivity contribution in [2.75, 3.05) is 25.0 Å². The van der Waals surface area contributed by atoms with E-state index in [1.165, 1.54) is 31.6 Å². The second kappa shape index (κ2) is 11.9. The fourth-order valence-electron chi connectivity index (χ4n) is 2.94. The number of ether oxygens (including phenoxy) is 3. The van der Waals surface area contributed by atoms with E-state index >= 15 is 0 Å². The molecule has 0 saturated carbocycles. The number of anilines is 1. The fraction of sp³-hybridized carbons (Fsp3) is 0.130. The minimum Gasteiger partial charge on any atom is -0.493 e. The first-order chi connectivity index (χ1) is 17.0. The van der Waals surface area contributed by atoms with Crippen molar-refractivity contribution in [3.8, 4) is 34.8 Å². The number of hydrogen-bond donors (Lipinski definition) is 2. The van der Waals surface area contributed by atoms with Gasteiger partial charge < -0.3 is 24.8 Å². The molecule has 188 valence electrons. The van der Waals surface area contributed by atoms with Gasteiger partial charge in [-0.25, -0.2) is 23.4 Å². The van der Waals surface area contributed by atoms with Crippen LogP contribution in [-0.2, 0) is 10.0 Å². The van der Waals surface area contributed by atoms with Crippen LogP contribution in [0.3, 0.4) is 0 Å². The van der Waals surface area contributed by atoms with E-state index in [1.807, 2.05) is 0 Å². The Hall–Kier alpha value is -4.33. The molecule has 4 aromatic rings. The first-order valence-electron chi connectivity index (χ1n) is 10.3. The highest BCUT2D eigenvalue weighted by molar-refractivity contribution is 7.92. The molecule has 13 heteroatoms. The summed E-state index contributed by atoms with van der Waals surface area (Å²) in [7, 11) is -2.61. The maximum atomic E-state index is 13.1. The maximum absolute atomic E-state index is 13.1. The largest absolute Gasteiger partial charge is 0.493 e. The Labute approximate surface area is 207 Å². The molecule has 0 aliphatic rings. The van der Waals surface area contributed by atoms with Crippen LogP contribution in [0.4, 0.5) is 5.82 Å². The number of rotatable bonds is 10. The fourth-order valence-corrected chi connectivity index (χ4v) is 3.97. The van der Waals surface area contributed by atoms with E-state index in [9.17, 15) is 13.5 Å². The van der Waals surface area contributed by atoms with Gasteiger partial charge in [-0.2, -0.15) is 4.98 Å². The molecule has 0 aliphatic heterocycles. The summed E-state index contributed by atoms with van der Waals surface area (Å²) in [5.41, 5.74) is 0. The lowest BCUT2D eigenvalue weighted by Gasteiger charge is -2.17. The third kappa shape index (κ3) is 6.02. The zero-order valence-electron chi connectivity index (χ0n) is 19.0. The van der Waals surface area contributed by atoms with Crippen molar-refractivity contribution in [3.05, 3.63) is 73.1 Å². The minimum absolute atomic E-state index is 0. The second-order valence-corrected chi connectivity index (χ2v) is 8.53. The van der Waals surface area contributed by atoms with Crippen LogP contribution in [0.1, 0.15) is 0 Å². The number of nitrogens with one attached hydrogen (secondary N) is 1. The van der Waals surface area contributed by atoms with Crippen LogP contribution in [0.25, 0.3) is 11.6 Å². The van der Waals surface area contributed by atoms with Crippen molar-refractivity contribution in [2.24, 2.45) is 0 Å². The monoisotopic (exact) mass is 513 g/mol. The smallest absolute Gasteiger partial charge is 0.263 e. The molecule has 2 aromatic carbocycles. The molecule has 36 heavy (non-hydrogen) atoms. The van der Waals surface area contributed by atoms with Gasteiger partial charge in [-0.3, -0.25) is 4.72 Å². The van der Waals surface area contributed by atoms with E-state index in [0.29, 0.717) is 5.75 Å². The highest BCUT2D eigenvalue weighted by Gasteiger charge is 2.25. The van der Waals surface area contributed by atoms with E-state index < -0.39 is 10.0 Å². The quantitative estimate of drug-likeness (QED) is 0.319. The van der Waals surface area contributed by atoms with Gasteiger partial charge in [0.15, 0.2) is 23.1 Å². The van der Waals surface area contributed by atoms with Crippen LogP contribution >= 0.6 is 0 Å². The standard InChI is InChI=1S/C23H21N5O6S.H2O/c1-32-17-10-5-6-11-18(17)34-19-20(28-35(30,31)16-8-3-2-4-9-16)26-22(21-24-12-7-13-25-21)27-23(19)33-15-14-29;/h2-13,29H,14-15H2,1H3,(H,26,27,28);1H2. The van der Waals surface area contributed by atoms with Gasteiger partial charge in [0.1, 0.15) is 6.61 Å². The van der Waals surface area contributed by atoms with Gasteiger partial charge in [-0.05, 0) is 30.3 Å². The Morgan fingerprint density at radius 2 is 1.56 bits per heavy atom. The minimum atomic E-state index is -4.08. The van der Waals surface area contributed by atoms with Gasteiger partial charge in [-0.1, -0.05) is 30.3 Å². The summed E-state index contributed by atoms with van der Waals surface area (Å²) in [6.45, 7) is -0.459. The molecule has 12 nitrogen and oxygen atoms in total. The first-order valence-corrected chi connectivity index (χ1v) is 11.8. The Balaban J connectivity index is 0.00000361. The summed E-state index contributed by atoms with van der Waals surface area (Å²) in [6, 6.07) is 16.1. The third-order valence-corrected chi connectivity index (χ3v) is 5.85. The summed E-state index contributed by atoms with van der Waals surface area (Å²) < 4.78 is 45.7. The van der Waals surface area contributed by atoms with Gasteiger partial charge >= 0.3 is 0 Å². The SMILES string of the molecule is COc1ccccc1Oc1c(NS(=O)(=O)c2ccccc2)nc(-c2ncccn2)nc1OCCO.O. The lowest BCUT2D eigenvalue weighted by atomic mass is 10.3. The Morgan fingerprint density at radius 1 is 0.889 bits per heavy atom. The summed E-state index contributed by atoms with van der Waals surface area (Å²) >= 11 is 0. The Kier molecular flexibility index (Phi) is 8.67. The molecular formula is C23H23N5O7S. The topological polar surface area (TPSA) is 177 Å². The molecule has 4 rings (SSSR count). The van der Waals surface area contributed by atoms with Crippen LogP contribution in [-0.4, -0.2) is 59.3 Å². The van der Waals surface area contributed by atoms with Gasteiger partial charge in [0.25, 0.3) is 15.9 Å². The number of methoxy groups -OCH3 is 1. The van der Waals surface area contributed by atoms with E-state index in [-0.39, 0.29) is 58.4 Å². The van der Waals surface area contributed by atoms with Crippen molar-refractivity contribution >= 4 is 15.8 Å². The molecule has 0 saturated heterocycles. The number of sulfonamides is 1. The molecule has 0 spiro atoms. The normalized spacial score (nSPS) is 10.7. The number of nitrogens with zero attached hydrogens (tertiary/aromatic N) is 4. The first kappa shape index (κ1) is 26.3. The zero-order valence-corrected chi connectivity index (χ0v) is 19.8. The molecule has 2 heterocycles. The van der Waals surface area contributed by atoms with Crippen molar-refractivity contribution < 1.29 is 33.2 Å². The summed E-state index contributed by atoms with van der Waals surface area (Å²) in [5.74, 6) is 0.270. The average molecular weight is 514 g/mol. The second-order valence-electron chi connectivity index (χ2n) is 6.85. The number of para-hydroxylation sites is 2. The van der Waals surface area contributed by atoms with Gasteiger partial charge in [0, 0.05) is 12.4 Å². The van der Waals surface area contributed by atoms with Gasteiger partial charge in [0.05, 0.1) is 18.6 Å². The van der Waals surface area contributed by atoms with Gasteiger partial charge in [0.2, 0.25) is 11.6 Å². The molecule has 0 atom stereocenters. The van der Waals surface area contributed by atoms with Crippen LogP contribution < -0.4 is 18.9 Å². The lowest BCUT2D eigenvalue weighted by molar-refractivity contribution is 0.192. The van der Waals surface area contributed by atoms with Crippen molar-refractivity contribution in [1.82, 2.24) is 19.9 Å². The highest BCUT2D eigenvalue weighted by Crippen LogP contribution is 2.41. The highest BCUT2D eigenvalue weighted by atomic mass is 32.2. The van der Waals surface area contributed by atoms with E-state index in [4.69, 9.17) is 14.2 Å². The predicted molar refractivity (Wildman–Crippen MR) is 130 cm³/mol. The molecule has 2 aromatic heterocycles. The Morgan fingerprint density at radius 3 is 2.22 bits per heavy atom. The molecule has 0 fully saturated rings. The number of aromatic nitrogens is 4. The third-order valence-electron chi connectivity index (χ3n) is 4.50. The van der Waals surface area contributed by atoms with E-state index in [2.05, 4.69) is 24.7 Å². The van der Waals surface area contributed by atoms with Crippen molar-refractivity contribution in [2.45, 2.75) is 4.90 Å². The van der Waals surface area contributed by atoms with Crippen LogP contribution in [0.5, 0.6) is 23.1 Å². The predicted octanol–water partition coefficient (Wildman–Crippen LogP) is 2.08. The number of aliphatic hydroxyl groups is 1. The van der Waals surface area contributed by atoms with Crippen LogP contribution in [0.2, 0.25) is 0 Å².